The average molecular weight is 533 g/mol. The molecule has 1 saturated heterocycles. The van der Waals surface area contributed by atoms with Crippen LogP contribution >= 0.6 is 0 Å². The maximum Gasteiger partial charge on any atom is 0.267 e. The zero-order valence-corrected chi connectivity index (χ0v) is 21.7. The highest BCUT2D eigenvalue weighted by Gasteiger charge is 2.11. The monoisotopic (exact) mass is 532 g/mol. The van der Waals surface area contributed by atoms with Crippen LogP contribution in [0.5, 0.6) is 5.75 Å². The Labute approximate surface area is 226 Å². The number of amides is 1. The number of carbonyl (C=O) groups excluding carboxylic acids is 1. The molecule has 3 aromatic heterocycles. The van der Waals surface area contributed by atoms with Crippen LogP contribution in [0.2, 0.25) is 0 Å². The summed E-state index contributed by atoms with van der Waals surface area (Å²) < 4.78 is 14.0. The van der Waals surface area contributed by atoms with Crippen molar-refractivity contribution in [1.82, 2.24) is 39.7 Å². The molecule has 1 aliphatic rings. The molecule has 0 saturated carbocycles. The van der Waals surface area contributed by atoms with Crippen LogP contribution in [0, 0.1) is 0 Å². The summed E-state index contributed by atoms with van der Waals surface area (Å²) >= 11 is 0. The van der Waals surface area contributed by atoms with Gasteiger partial charge >= 0.3 is 0 Å². The van der Waals surface area contributed by atoms with Gasteiger partial charge in [0.05, 0.1) is 44.0 Å². The smallest absolute Gasteiger partial charge is 0.267 e. The molecule has 0 unspecified atom stereocenters. The third-order valence-corrected chi connectivity index (χ3v) is 6.24. The van der Waals surface area contributed by atoms with Crippen LogP contribution in [0.4, 0.5) is 0 Å². The summed E-state index contributed by atoms with van der Waals surface area (Å²) in [5, 5.41) is 11.5. The molecule has 1 amide bonds. The van der Waals surface area contributed by atoms with Crippen LogP contribution in [0.25, 0.3) is 22.6 Å². The van der Waals surface area contributed by atoms with E-state index >= 15 is 0 Å². The number of nitrogens with one attached hydrogen (secondary N) is 1. The van der Waals surface area contributed by atoms with Crippen LogP contribution in [-0.2, 0) is 23.1 Å². The van der Waals surface area contributed by atoms with E-state index in [9.17, 15) is 9.59 Å². The SMILES string of the molecule is Cn1cc(-c2ccc(=O)n(Cc3cccc(-c4ncc(OCC(=O)NCCN5CCOCC5)cn4)c3)n2)cn1.[HH]. The van der Waals surface area contributed by atoms with Gasteiger partial charge in [-0.1, -0.05) is 18.2 Å². The van der Waals surface area contributed by atoms with E-state index in [0.717, 1.165) is 49.5 Å². The molecule has 0 spiro atoms. The van der Waals surface area contributed by atoms with E-state index in [1.165, 1.54) is 10.7 Å². The molecule has 12 nitrogen and oxygen atoms in total. The van der Waals surface area contributed by atoms with E-state index in [0.29, 0.717) is 30.4 Å². The molecule has 4 heterocycles. The fraction of sp³-hybridized carbons (Fsp3) is 0.333. The van der Waals surface area contributed by atoms with Gasteiger partial charge in [-0.2, -0.15) is 10.2 Å². The lowest BCUT2D eigenvalue weighted by atomic mass is 10.1. The van der Waals surface area contributed by atoms with Crippen molar-refractivity contribution < 1.29 is 15.7 Å². The number of hydrogen-bond donors (Lipinski definition) is 1. The topological polar surface area (TPSA) is 129 Å². The van der Waals surface area contributed by atoms with Gasteiger partial charge in [-0.3, -0.25) is 19.2 Å². The Hall–Kier alpha value is -4.42. The highest BCUT2D eigenvalue weighted by atomic mass is 16.5. The first-order valence-corrected chi connectivity index (χ1v) is 12.7. The van der Waals surface area contributed by atoms with Gasteiger partial charge in [0.15, 0.2) is 18.2 Å². The van der Waals surface area contributed by atoms with Crippen LogP contribution in [0.15, 0.2) is 66.0 Å². The summed E-state index contributed by atoms with van der Waals surface area (Å²) in [5.41, 5.74) is 2.97. The van der Waals surface area contributed by atoms with Gasteiger partial charge in [0.25, 0.3) is 11.5 Å². The second kappa shape index (κ2) is 12.4. The summed E-state index contributed by atoms with van der Waals surface area (Å²) in [6.07, 6.45) is 6.64. The predicted octanol–water partition coefficient (Wildman–Crippen LogP) is 1.22. The minimum atomic E-state index is -0.198. The Bertz CT molecular complexity index is 1470. The van der Waals surface area contributed by atoms with Crippen molar-refractivity contribution in [2.45, 2.75) is 6.54 Å². The number of benzene rings is 1. The lowest BCUT2D eigenvalue weighted by Gasteiger charge is -2.26. The summed E-state index contributed by atoms with van der Waals surface area (Å²) in [6, 6.07) is 10.8. The molecule has 0 atom stereocenters. The van der Waals surface area contributed by atoms with E-state index in [1.807, 2.05) is 37.5 Å². The van der Waals surface area contributed by atoms with E-state index < -0.39 is 0 Å². The molecule has 5 rings (SSSR count). The van der Waals surface area contributed by atoms with Gasteiger partial charge in [0.1, 0.15) is 0 Å². The number of aryl methyl sites for hydroxylation is 1. The minimum Gasteiger partial charge on any atom is -0.481 e. The fourth-order valence-corrected chi connectivity index (χ4v) is 4.17. The highest BCUT2D eigenvalue weighted by Crippen LogP contribution is 2.19. The van der Waals surface area contributed by atoms with Gasteiger partial charge in [0, 0.05) is 58.0 Å². The van der Waals surface area contributed by atoms with Crippen molar-refractivity contribution in [3.8, 4) is 28.4 Å². The molecule has 39 heavy (non-hydrogen) atoms. The highest BCUT2D eigenvalue weighted by molar-refractivity contribution is 5.77. The quantitative estimate of drug-likeness (QED) is 0.320. The van der Waals surface area contributed by atoms with Crippen molar-refractivity contribution in [2.24, 2.45) is 7.05 Å². The fourth-order valence-electron chi connectivity index (χ4n) is 4.17. The van der Waals surface area contributed by atoms with Crippen LogP contribution in [0.3, 0.4) is 0 Å². The maximum atomic E-state index is 12.5. The van der Waals surface area contributed by atoms with Gasteiger partial charge in [-0.25, -0.2) is 14.6 Å². The first-order valence-electron chi connectivity index (χ1n) is 12.7. The minimum absolute atomic E-state index is 0. The van der Waals surface area contributed by atoms with E-state index in [4.69, 9.17) is 9.47 Å². The van der Waals surface area contributed by atoms with Crippen molar-refractivity contribution in [2.75, 3.05) is 46.0 Å². The van der Waals surface area contributed by atoms with Gasteiger partial charge in [0.2, 0.25) is 0 Å². The van der Waals surface area contributed by atoms with Crippen LogP contribution in [0.1, 0.15) is 6.99 Å². The third kappa shape index (κ3) is 7.12. The summed E-state index contributed by atoms with van der Waals surface area (Å²) in [6.45, 7) is 4.76. The zero-order chi connectivity index (χ0) is 27.0. The second-order valence-electron chi connectivity index (χ2n) is 9.15. The lowest BCUT2D eigenvalue weighted by Crippen LogP contribution is -2.42. The van der Waals surface area contributed by atoms with Gasteiger partial charge in [-0.05, 0) is 17.7 Å². The van der Waals surface area contributed by atoms with Crippen LogP contribution in [-0.4, -0.2) is 86.3 Å². The summed E-state index contributed by atoms with van der Waals surface area (Å²) in [5.74, 6) is 0.710. The molecular weight excluding hydrogens is 500 g/mol. The van der Waals surface area contributed by atoms with Gasteiger partial charge < -0.3 is 14.8 Å². The van der Waals surface area contributed by atoms with Crippen molar-refractivity contribution in [3.63, 3.8) is 0 Å². The molecule has 204 valence electrons. The molecular formula is C27H32N8O4. The number of rotatable bonds is 10. The normalized spacial score (nSPS) is 13.8. The Balaban J connectivity index is 0.00000370. The second-order valence-corrected chi connectivity index (χ2v) is 9.15. The third-order valence-electron chi connectivity index (χ3n) is 6.24. The molecule has 0 aliphatic carbocycles. The van der Waals surface area contributed by atoms with Crippen molar-refractivity contribution in [1.29, 1.82) is 0 Å². The number of hydrogen-bond acceptors (Lipinski definition) is 9. The molecule has 1 aromatic carbocycles. The van der Waals surface area contributed by atoms with Crippen molar-refractivity contribution in [3.05, 3.63) is 77.1 Å². The summed E-state index contributed by atoms with van der Waals surface area (Å²) in [7, 11) is 1.83. The Morgan fingerprint density at radius 1 is 1.10 bits per heavy atom. The van der Waals surface area contributed by atoms with E-state index in [-0.39, 0.29) is 19.5 Å². The van der Waals surface area contributed by atoms with Crippen LogP contribution < -0.4 is 15.6 Å². The lowest BCUT2D eigenvalue weighted by molar-refractivity contribution is -0.123. The first-order chi connectivity index (χ1) is 19.0. The zero-order valence-electron chi connectivity index (χ0n) is 21.7. The molecule has 1 N–H and O–H groups in total. The molecule has 4 aromatic rings. The number of carbonyl (C=O) groups is 1. The summed E-state index contributed by atoms with van der Waals surface area (Å²) in [4.78, 5) is 35.6. The number of aromatic nitrogens is 6. The van der Waals surface area contributed by atoms with E-state index in [2.05, 4.69) is 30.4 Å². The Morgan fingerprint density at radius 3 is 2.69 bits per heavy atom. The molecule has 0 bridgehead atoms. The van der Waals surface area contributed by atoms with Crippen molar-refractivity contribution >= 4 is 5.91 Å². The van der Waals surface area contributed by atoms with Gasteiger partial charge in [-0.15, -0.1) is 0 Å². The molecule has 1 aliphatic heterocycles. The number of morpholine rings is 1. The number of nitrogens with zero attached hydrogens (tertiary/aromatic N) is 7. The maximum absolute atomic E-state index is 12.5. The standard InChI is InChI=1S/C27H30N8O4.H2/c1-33-18-22(14-31-33)24-5-6-26(37)35(32-24)17-20-3-2-4-21(13-20)27-29-15-23(16-30-27)39-19-25(36)28-7-8-34-9-11-38-12-10-34;/h2-6,13-16,18H,7-12,17,19H2,1H3,(H,28,36);1H. The first kappa shape index (κ1) is 26.2. The molecule has 12 heteroatoms. The predicted molar refractivity (Wildman–Crippen MR) is 145 cm³/mol. The largest absolute Gasteiger partial charge is 0.481 e. The average Bonchev–Trinajstić information content (AvgIpc) is 3.40. The molecule has 1 fully saturated rings. The van der Waals surface area contributed by atoms with E-state index in [1.54, 1.807) is 29.3 Å². The molecule has 0 radical (unpaired) electrons. The Morgan fingerprint density at radius 2 is 1.92 bits per heavy atom. The Kier molecular flexibility index (Phi) is 8.34. The number of ether oxygens (including phenoxy) is 2.